The van der Waals surface area contributed by atoms with E-state index < -0.39 is 0 Å². The van der Waals surface area contributed by atoms with Gasteiger partial charge in [0.1, 0.15) is 0 Å². The zero-order valence-electron chi connectivity index (χ0n) is 9.91. The van der Waals surface area contributed by atoms with E-state index in [1.165, 1.54) is 30.5 Å². The molecule has 0 bridgehead atoms. The third-order valence-corrected chi connectivity index (χ3v) is 3.42. The molecular formula is C14H22N2. The lowest BCUT2D eigenvalue weighted by Crippen LogP contribution is -2.28. The van der Waals surface area contributed by atoms with E-state index in [0.717, 1.165) is 31.8 Å². The molecule has 2 nitrogen and oxygen atoms in total. The molecule has 0 aromatic heterocycles. The summed E-state index contributed by atoms with van der Waals surface area (Å²) in [4.78, 5) is 0. The molecule has 3 N–H and O–H groups in total. The topological polar surface area (TPSA) is 38.0 Å². The van der Waals surface area contributed by atoms with Gasteiger partial charge in [0.25, 0.3) is 0 Å². The molecule has 1 fully saturated rings. The molecule has 2 rings (SSSR count). The minimum Gasteiger partial charge on any atom is -0.330 e. The van der Waals surface area contributed by atoms with E-state index in [1.807, 2.05) is 0 Å². The molecule has 1 aromatic carbocycles. The monoisotopic (exact) mass is 218 g/mol. The van der Waals surface area contributed by atoms with Crippen molar-refractivity contribution in [1.82, 2.24) is 5.32 Å². The van der Waals surface area contributed by atoms with Crippen molar-refractivity contribution < 1.29 is 0 Å². The SMILES string of the molecule is NCCCc1ccc(C2CCCNC2)cc1. The molecule has 16 heavy (non-hydrogen) atoms. The fourth-order valence-corrected chi connectivity index (χ4v) is 2.40. The van der Waals surface area contributed by atoms with Gasteiger partial charge < -0.3 is 11.1 Å². The van der Waals surface area contributed by atoms with Crippen LogP contribution >= 0.6 is 0 Å². The van der Waals surface area contributed by atoms with E-state index in [4.69, 9.17) is 5.73 Å². The van der Waals surface area contributed by atoms with Gasteiger partial charge in [0, 0.05) is 6.54 Å². The predicted octanol–water partition coefficient (Wildman–Crippen LogP) is 2.04. The lowest BCUT2D eigenvalue weighted by Gasteiger charge is -2.23. The molecule has 1 heterocycles. The largest absolute Gasteiger partial charge is 0.330 e. The highest BCUT2D eigenvalue weighted by atomic mass is 14.9. The standard InChI is InChI=1S/C14H22N2/c15-9-1-3-12-5-7-13(8-6-12)14-4-2-10-16-11-14/h5-8,14,16H,1-4,9-11,15H2. The molecule has 1 aliphatic heterocycles. The molecular weight excluding hydrogens is 196 g/mol. The number of hydrogen-bond donors (Lipinski definition) is 2. The van der Waals surface area contributed by atoms with Crippen LogP contribution < -0.4 is 11.1 Å². The Morgan fingerprint density at radius 2 is 2.06 bits per heavy atom. The van der Waals surface area contributed by atoms with Gasteiger partial charge in [-0.05, 0) is 55.8 Å². The molecule has 1 aliphatic rings. The Morgan fingerprint density at radius 1 is 1.25 bits per heavy atom. The number of benzene rings is 1. The van der Waals surface area contributed by atoms with Crippen molar-refractivity contribution in [2.75, 3.05) is 19.6 Å². The summed E-state index contributed by atoms with van der Waals surface area (Å²) in [6.07, 6.45) is 4.83. The Balaban J connectivity index is 1.95. The van der Waals surface area contributed by atoms with Crippen LogP contribution in [0, 0.1) is 0 Å². The first kappa shape index (κ1) is 11.6. The van der Waals surface area contributed by atoms with Gasteiger partial charge >= 0.3 is 0 Å². The van der Waals surface area contributed by atoms with Gasteiger partial charge in [0.2, 0.25) is 0 Å². The highest BCUT2D eigenvalue weighted by Crippen LogP contribution is 2.23. The zero-order valence-corrected chi connectivity index (χ0v) is 9.91. The van der Waals surface area contributed by atoms with Crippen molar-refractivity contribution in [3.8, 4) is 0 Å². The summed E-state index contributed by atoms with van der Waals surface area (Å²) in [5.41, 5.74) is 8.42. The van der Waals surface area contributed by atoms with Crippen LogP contribution in [-0.4, -0.2) is 19.6 Å². The molecule has 1 unspecified atom stereocenters. The van der Waals surface area contributed by atoms with Crippen molar-refractivity contribution in [2.45, 2.75) is 31.6 Å². The highest BCUT2D eigenvalue weighted by molar-refractivity contribution is 5.26. The van der Waals surface area contributed by atoms with E-state index >= 15 is 0 Å². The number of nitrogens with one attached hydrogen (secondary N) is 1. The second-order valence-electron chi connectivity index (χ2n) is 4.68. The molecule has 0 saturated carbocycles. The molecule has 0 aliphatic carbocycles. The second kappa shape index (κ2) is 6.02. The maximum Gasteiger partial charge on any atom is 0.00201 e. The minimum absolute atomic E-state index is 0.720. The molecule has 0 spiro atoms. The summed E-state index contributed by atoms with van der Waals surface area (Å²) in [5, 5.41) is 3.47. The molecule has 0 amide bonds. The summed E-state index contributed by atoms with van der Waals surface area (Å²) in [6, 6.07) is 9.12. The van der Waals surface area contributed by atoms with Crippen molar-refractivity contribution in [1.29, 1.82) is 0 Å². The van der Waals surface area contributed by atoms with Crippen LogP contribution in [0.4, 0.5) is 0 Å². The lowest BCUT2D eigenvalue weighted by atomic mass is 9.91. The first-order chi connectivity index (χ1) is 7.90. The second-order valence-corrected chi connectivity index (χ2v) is 4.68. The van der Waals surface area contributed by atoms with Gasteiger partial charge in [0.15, 0.2) is 0 Å². The Morgan fingerprint density at radius 3 is 2.69 bits per heavy atom. The van der Waals surface area contributed by atoms with E-state index in [0.29, 0.717) is 0 Å². The Labute approximate surface area is 98.2 Å². The number of rotatable bonds is 4. The fourth-order valence-electron chi connectivity index (χ4n) is 2.40. The van der Waals surface area contributed by atoms with Crippen molar-refractivity contribution in [3.63, 3.8) is 0 Å². The summed E-state index contributed by atoms with van der Waals surface area (Å²) >= 11 is 0. The van der Waals surface area contributed by atoms with E-state index in [-0.39, 0.29) is 0 Å². The number of aryl methyl sites for hydroxylation is 1. The van der Waals surface area contributed by atoms with E-state index in [1.54, 1.807) is 0 Å². The number of piperidine rings is 1. The Bertz CT molecular complexity index is 299. The molecule has 1 aromatic rings. The van der Waals surface area contributed by atoms with Crippen LogP contribution in [0.15, 0.2) is 24.3 Å². The molecule has 88 valence electrons. The summed E-state index contributed by atoms with van der Waals surface area (Å²) in [7, 11) is 0. The van der Waals surface area contributed by atoms with Gasteiger partial charge in [-0.2, -0.15) is 0 Å². The van der Waals surface area contributed by atoms with Crippen LogP contribution in [0.3, 0.4) is 0 Å². The summed E-state index contributed by atoms with van der Waals surface area (Å²) in [5.74, 6) is 0.720. The highest BCUT2D eigenvalue weighted by Gasteiger charge is 2.14. The molecule has 2 heteroatoms. The zero-order chi connectivity index (χ0) is 11.2. The number of nitrogens with two attached hydrogens (primary N) is 1. The van der Waals surface area contributed by atoms with Crippen LogP contribution in [-0.2, 0) is 6.42 Å². The van der Waals surface area contributed by atoms with Crippen LogP contribution in [0.5, 0.6) is 0 Å². The quantitative estimate of drug-likeness (QED) is 0.811. The fraction of sp³-hybridized carbons (Fsp3) is 0.571. The lowest BCUT2D eigenvalue weighted by molar-refractivity contribution is 0.461. The van der Waals surface area contributed by atoms with Gasteiger partial charge in [-0.25, -0.2) is 0 Å². The number of hydrogen-bond acceptors (Lipinski definition) is 2. The third-order valence-electron chi connectivity index (χ3n) is 3.42. The van der Waals surface area contributed by atoms with Gasteiger partial charge in [-0.15, -0.1) is 0 Å². The van der Waals surface area contributed by atoms with Crippen molar-refractivity contribution in [3.05, 3.63) is 35.4 Å². The van der Waals surface area contributed by atoms with Crippen LogP contribution in [0.2, 0.25) is 0 Å². The molecule has 1 saturated heterocycles. The predicted molar refractivity (Wildman–Crippen MR) is 68.7 cm³/mol. The maximum atomic E-state index is 5.51. The van der Waals surface area contributed by atoms with Gasteiger partial charge in [-0.3, -0.25) is 0 Å². The first-order valence-corrected chi connectivity index (χ1v) is 6.40. The minimum atomic E-state index is 0.720. The average molecular weight is 218 g/mol. The maximum absolute atomic E-state index is 5.51. The summed E-state index contributed by atoms with van der Waals surface area (Å²) in [6.45, 7) is 3.11. The normalized spacial score (nSPS) is 20.9. The van der Waals surface area contributed by atoms with Crippen molar-refractivity contribution in [2.24, 2.45) is 5.73 Å². The average Bonchev–Trinajstić information content (AvgIpc) is 2.38. The molecule has 0 radical (unpaired) electrons. The summed E-state index contributed by atoms with van der Waals surface area (Å²) < 4.78 is 0. The van der Waals surface area contributed by atoms with Crippen LogP contribution in [0.1, 0.15) is 36.3 Å². The third kappa shape index (κ3) is 3.06. The van der Waals surface area contributed by atoms with Crippen LogP contribution in [0.25, 0.3) is 0 Å². The Hall–Kier alpha value is -0.860. The van der Waals surface area contributed by atoms with E-state index in [2.05, 4.69) is 29.6 Å². The first-order valence-electron chi connectivity index (χ1n) is 6.40. The smallest absolute Gasteiger partial charge is 0.00201 e. The van der Waals surface area contributed by atoms with Gasteiger partial charge in [0.05, 0.1) is 0 Å². The van der Waals surface area contributed by atoms with Crippen molar-refractivity contribution >= 4 is 0 Å². The van der Waals surface area contributed by atoms with Gasteiger partial charge in [-0.1, -0.05) is 24.3 Å². The Kier molecular flexibility index (Phi) is 4.37. The molecule has 1 atom stereocenters. The van der Waals surface area contributed by atoms with E-state index in [9.17, 15) is 0 Å².